The molecule has 0 aliphatic rings. The summed E-state index contributed by atoms with van der Waals surface area (Å²) in [6.07, 6.45) is 1.87. The quantitative estimate of drug-likeness (QED) is 0.584. The summed E-state index contributed by atoms with van der Waals surface area (Å²) in [7, 11) is -3.23. The Bertz CT molecular complexity index is 265. The maximum atomic E-state index is 11.5. The molecule has 0 heterocycles. The highest BCUT2D eigenvalue weighted by atomic mass is 32.2. The molecule has 0 radical (unpaired) electrons. The summed E-state index contributed by atoms with van der Waals surface area (Å²) in [5, 5.41) is -0.528. The minimum absolute atomic E-state index is 0.145. The molecule has 98 valence electrons. The molecule has 1 unspecified atom stereocenters. The first-order chi connectivity index (χ1) is 7.40. The minimum Gasteiger partial charge on any atom is -0.379 e. The normalized spacial score (nSPS) is 14.3. The molecule has 0 saturated heterocycles. The number of nitrogens with one attached hydrogen (secondary N) is 1. The third-order valence-corrected chi connectivity index (χ3v) is 4.05. The Morgan fingerprint density at radius 3 is 2.38 bits per heavy atom. The number of nitrogens with two attached hydrogens (primary N) is 1. The van der Waals surface area contributed by atoms with E-state index in [2.05, 4.69) is 4.72 Å². The van der Waals surface area contributed by atoms with Gasteiger partial charge in [0.2, 0.25) is 10.0 Å². The predicted octanol–water partition coefficient (Wildman–Crippen LogP) is 0.458. The van der Waals surface area contributed by atoms with E-state index in [1.807, 2.05) is 13.8 Å². The fourth-order valence-corrected chi connectivity index (χ4v) is 2.00. The van der Waals surface area contributed by atoms with Crippen LogP contribution < -0.4 is 10.5 Å². The molecule has 0 bridgehead atoms. The van der Waals surface area contributed by atoms with Crippen LogP contribution in [0.15, 0.2) is 0 Å². The van der Waals surface area contributed by atoms with Gasteiger partial charge in [-0.15, -0.1) is 0 Å². The minimum atomic E-state index is -3.23. The molecule has 16 heavy (non-hydrogen) atoms. The van der Waals surface area contributed by atoms with Gasteiger partial charge < -0.3 is 10.5 Å². The van der Waals surface area contributed by atoms with Crippen molar-refractivity contribution >= 4 is 10.0 Å². The number of rotatable bonds is 9. The van der Waals surface area contributed by atoms with Gasteiger partial charge in [-0.1, -0.05) is 0 Å². The summed E-state index contributed by atoms with van der Waals surface area (Å²) < 4.78 is 30.8. The van der Waals surface area contributed by atoms with Crippen LogP contribution in [0.3, 0.4) is 0 Å². The number of hydrogen-bond acceptors (Lipinski definition) is 4. The highest BCUT2D eigenvalue weighted by molar-refractivity contribution is 7.90. The average molecular weight is 252 g/mol. The Morgan fingerprint density at radius 2 is 1.88 bits per heavy atom. The second kappa shape index (κ2) is 8.00. The van der Waals surface area contributed by atoms with E-state index in [4.69, 9.17) is 10.5 Å². The fraction of sp³-hybridized carbons (Fsp3) is 1.00. The van der Waals surface area contributed by atoms with Crippen molar-refractivity contribution in [2.24, 2.45) is 5.73 Å². The summed E-state index contributed by atoms with van der Waals surface area (Å²) in [6, 6.07) is 0. The van der Waals surface area contributed by atoms with Crippen molar-refractivity contribution in [3.63, 3.8) is 0 Å². The summed E-state index contributed by atoms with van der Waals surface area (Å²) in [6.45, 7) is 6.83. The molecule has 1 atom stereocenters. The van der Waals surface area contributed by atoms with Crippen LogP contribution in [0.1, 0.15) is 33.6 Å². The molecule has 0 aromatic rings. The molecule has 0 spiro atoms. The molecule has 0 rings (SSSR count). The Hall–Kier alpha value is -0.170. The van der Waals surface area contributed by atoms with Crippen molar-refractivity contribution in [3.8, 4) is 0 Å². The van der Waals surface area contributed by atoms with Crippen molar-refractivity contribution in [2.75, 3.05) is 19.7 Å². The Balaban J connectivity index is 3.59. The van der Waals surface area contributed by atoms with Crippen LogP contribution in [-0.4, -0.2) is 39.5 Å². The molecular weight excluding hydrogens is 228 g/mol. The van der Waals surface area contributed by atoms with Crippen LogP contribution in [0.4, 0.5) is 0 Å². The Morgan fingerprint density at radius 1 is 1.25 bits per heavy atom. The summed E-state index contributed by atoms with van der Waals surface area (Å²) in [4.78, 5) is 0. The van der Waals surface area contributed by atoms with Crippen LogP contribution in [0.2, 0.25) is 0 Å². The van der Waals surface area contributed by atoms with Crippen LogP contribution in [0, 0.1) is 0 Å². The van der Waals surface area contributed by atoms with E-state index in [1.54, 1.807) is 6.92 Å². The monoisotopic (exact) mass is 252 g/mol. The third-order valence-electron chi connectivity index (χ3n) is 2.19. The first-order valence-electron chi connectivity index (χ1n) is 5.70. The highest BCUT2D eigenvalue weighted by Gasteiger charge is 2.17. The van der Waals surface area contributed by atoms with Crippen LogP contribution in [0.5, 0.6) is 0 Å². The number of hydrogen-bond donors (Lipinski definition) is 2. The largest absolute Gasteiger partial charge is 0.379 e. The number of sulfonamides is 1. The fourth-order valence-electron chi connectivity index (χ4n) is 1.03. The van der Waals surface area contributed by atoms with Gasteiger partial charge in [0.05, 0.1) is 11.4 Å². The molecule has 6 heteroatoms. The van der Waals surface area contributed by atoms with Gasteiger partial charge in [-0.2, -0.15) is 0 Å². The van der Waals surface area contributed by atoms with Crippen molar-refractivity contribution < 1.29 is 13.2 Å². The summed E-state index contributed by atoms with van der Waals surface area (Å²) >= 11 is 0. The van der Waals surface area contributed by atoms with Crippen molar-refractivity contribution in [3.05, 3.63) is 0 Å². The second-order valence-corrected chi connectivity index (χ2v) is 6.30. The predicted molar refractivity (Wildman–Crippen MR) is 65.8 cm³/mol. The van der Waals surface area contributed by atoms with Gasteiger partial charge in [0.15, 0.2) is 0 Å². The zero-order valence-corrected chi connectivity index (χ0v) is 11.2. The van der Waals surface area contributed by atoms with E-state index < -0.39 is 15.3 Å². The van der Waals surface area contributed by atoms with Crippen LogP contribution in [-0.2, 0) is 14.8 Å². The Kier molecular flexibility index (Phi) is 7.91. The van der Waals surface area contributed by atoms with E-state index in [9.17, 15) is 8.42 Å². The molecule has 0 aromatic heterocycles. The van der Waals surface area contributed by atoms with E-state index in [1.165, 1.54) is 0 Å². The molecule has 0 fully saturated rings. The summed E-state index contributed by atoms with van der Waals surface area (Å²) in [5.41, 5.74) is 5.30. The lowest BCUT2D eigenvalue weighted by atomic mass is 10.3. The molecule has 0 amide bonds. The molecule has 5 nitrogen and oxygen atoms in total. The second-order valence-electron chi connectivity index (χ2n) is 4.11. The molecule has 0 aromatic carbocycles. The van der Waals surface area contributed by atoms with Gasteiger partial charge in [-0.3, -0.25) is 0 Å². The standard InChI is InChI=1S/C10H24N2O3S/c1-9(2)15-7-5-4-6-12-16(13,14)10(3)8-11/h9-10,12H,4-8,11H2,1-3H3. The van der Waals surface area contributed by atoms with Crippen LogP contribution >= 0.6 is 0 Å². The van der Waals surface area contributed by atoms with Gasteiger partial charge in [-0.05, 0) is 33.6 Å². The van der Waals surface area contributed by atoms with E-state index in [-0.39, 0.29) is 12.6 Å². The van der Waals surface area contributed by atoms with Gasteiger partial charge in [0.25, 0.3) is 0 Å². The van der Waals surface area contributed by atoms with E-state index >= 15 is 0 Å². The van der Waals surface area contributed by atoms with E-state index in [0.29, 0.717) is 13.2 Å². The first-order valence-corrected chi connectivity index (χ1v) is 7.25. The lowest BCUT2D eigenvalue weighted by Crippen LogP contribution is -2.37. The zero-order chi connectivity index (χ0) is 12.6. The SMILES string of the molecule is CC(C)OCCCCNS(=O)(=O)C(C)CN. The molecule has 3 N–H and O–H groups in total. The van der Waals surface area contributed by atoms with Crippen molar-refractivity contribution in [2.45, 2.75) is 45.0 Å². The van der Waals surface area contributed by atoms with Gasteiger partial charge in [-0.25, -0.2) is 13.1 Å². The zero-order valence-electron chi connectivity index (χ0n) is 10.4. The maximum absolute atomic E-state index is 11.5. The number of unbranched alkanes of at least 4 members (excludes halogenated alkanes) is 1. The summed E-state index contributed by atoms with van der Waals surface area (Å²) in [5.74, 6) is 0. The lowest BCUT2D eigenvalue weighted by molar-refractivity contribution is 0.0762. The lowest BCUT2D eigenvalue weighted by Gasteiger charge is -2.12. The third kappa shape index (κ3) is 7.16. The molecular formula is C10H24N2O3S. The average Bonchev–Trinajstić information content (AvgIpc) is 2.21. The smallest absolute Gasteiger partial charge is 0.215 e. The van der Waals surface area contributed by atoms with Crippen LogP contribution in [0.25, 0.3) is 0 Å². The Labute approximate surface area is 98.8 Å². The molecule has 0 aliphatic heterocycles. The maximum Gasteiger partial charge on any atom is 0.215 e. The van der Waals surface area contributed by atoms with Crippen molar-refractivity contribution in [1.82, 2.24) is 4.72 Å². The van der Waals surface area contributed by atoms with Gasteiger partial charge in [0, 0.05) is 19.7 Å². The topological polar surface area (TPSA) is 81.4 Å². The first kappa shape index (κ1) is 15.8. The molecule has 0 aliphatic carbocycles. The van der Waals surface area contributed by atoms with Gasteiger partial charge in [0.1, 0.15) is 0 Å². The highest BCUT2D eigenvalue weighted by Crippen LogP contribution is 1.98. The van der Waals surface area contributed by atoms with E-state index in [0.717, 1.165) is 12.8 Å². The van der Waals surface area contributed by atoms with Crippen molar-refractivity contribution in [1.29, 1.82) is 0 Å². The molecule has 0 saturated carbocycles. The van der Waals surface area contributed by atoms with Gasteiger partial charge >= 0.3 is 0 Å². The number of ether oxygens (including phenoxy) is 1.